The lowest BCUT2D eigenvalue weighted by atomic mass is 9.96. The van der Waals surface area contributed by atoms with Crippen molar-refractivity contribution < 1.29 is 4.79 Å². The van der Waals surface area contributed by atoms with Crippen LogP contribution in [-0.2, 0) is 18.3 Å². The lowest BCUT2D eigenvalue weighted by Gasteiger charge is -2.34. The highest BCUT2D eigenvalue weighted by molar-refractivity contribution is 5.79. The molecular weight excluding hydrogens is 312 g/mol. The number of rotatable bonds is 6. The first-order valence-electron chi connectivity index (χ1n) is 9.48. The van der Waals surface area contributed by atoms with Gasteiger partial charge in [-0.3, -0.25) is 4.79 Å². The highest BCUT2D eigenvalue weighted by Crippen LogP contribution is 2.19. The molecule has 0 radical (unpaired) electrons. The van der Waals surface area contributed by atoms with Crippen molar-refractivity contribution in [3.05, 3.63) is 30.1 Å². The Labute approximate surface area is 150 Å². The van der Waals surface area contributed by atoms with Gasteiger partial charge in [0.25, 0.3) is 0 Å². The van der Waals surface area contributed by atoms with Crippen molar-refractivity contribution in [2.75, 3.05) is 19.6 Å². The number of hydrogen-bond donors (Lipinski definition) is 1. The van der Waals surface area contributed by atoms with Crippen molar-refractivity contribution in [3.63, 3.8) is 0 Å². The molecule has 136 valence electrons. The highest BCUT2D eigenvalue weighted by Gasteiger charge is 2.26. The van der Waals surface area contributed by atoms with Gasteiger partial charge in [-0.05, 0) is 51.8 Å². The molecule has 1 N–H and O–H groups in total. The lowest BCUT2D eigenvalue weighted by molar-refractivity contribution is -0.126. The Kier molecular flexibility index (Phi) is 5.74. The maximum atomic E-state index is 12.4. The summed E-state index contributed by atoms with van der Waals surface area (Å²) >= 11 is 0. The summed E-state index contributed by atoms with van der Waals surface area (Å²) in [5, 5.41) is 3.13. The van der Waals surface area contributed by atoms with E-state index in [2.05, 4.69) is 41.7 Å². The van der Waals surface area contributed by atoms with Crippen molar-refractivity contribution in [1.82, 2.24) is 19.8 Å². The summed E-state index contributed by atoms with van der Waals surface area (Å²) in [4.78, 5) is 19.5. The number of amides is 1. The predicted octanol–water partition coefficient (Wildman–Crippen LogP) is 2.74. The molecule has 1 fully saturated rings. The second-order valence-electron chi connectivity index (χ2n) is 7.40. The molecule has 0 bridgehead atoms. The minimum atomic E-state index is 0.145. The molecule has 0 saturated carbocycles. The van der Waals surface area contributed by atoms with Gasteiger partial charge in [-0.25, -0.2) is 4.98 Å². The normalized spacial score (nSPS) is 18.8. The quantitative estimate of drug-likeness (QED) is 0.821. The predicted molar refractivity (Wildman–Crippen MR) is 101 cm³/mol. The maximum Gasteiger partial charge on any atom is 0.224 e. The zero-order valence-corrected chi connectivity index (χ0v) is 15.7. The Bertz CT molecular complexity index is 722. The molecule has 1 aliphatic rings. The molecule has 1 aromatic carbocycles. The second kappa shape index (κ2) is 8.00. The van der Waals surface area contributed by atoms with E-state index in [1.165, 1.54) is 0 Å². The fraction of sp³-hybridized carbons (Fsp3) is 0.600. The van der Waals surface area contributed by atoms with E-state index in [4.69, 9.17) is 4.98 Å². The van der Waals surface area contributed by atoms with E-state index in [1.54, 1.807) is 0 Å². The van der Waals surface area contributed by atoms with E-state index < -0.39 is 0 Å². The molecule has 1 saturated heterocycles. The molecule has 1 atom stereocenters. The van der Waals surface area contributed by atoms with E-state index in [0.717, 1.165) is 62.2 Å². The third kappa shape index (κ3) is 4.21. The first-order chi connectivity index (χ1) is 12.1. The van der Waals surface area contributed by atoms with Crippen LogP contribution in [0.2, 0.25) is 0 Å². The molecule has 0 spiro atoms. The van der Waals surface area contributed by atoms with E-state index in [1.807, 2.05) is 18.2 Å². The zero-order valence-electron chi connectivity index (χ0n) is 15.7. The SMILES string of the molecule is CC(C)N1CCCC(C(=O)NCCCc2nc3ccccc3n2C)C1. The number of hydrogen-bond acceptors (Lipinski definition) is 3. The van der Waals surface area contributed by atoms with Gasteiger partial charge in [0.1, 0.15) is 5.82 Å². The number of para-hydroxylation sites is 2. The molecule has 0 aliphatic carbocycles. The fourth-order valence-electron chi connectivity index (χ4n) is 3.71. The molecular formula is C20H30N4O. The van der Waals surface area contributed by atoms with Crippen LogP contribution in [0.15, 0.2) is 24.3 Å². The lowest BCUT2D eigenvalue weighted by Crippen LogP contribution is -2.45. The summed E-state index contributed by atoms with van der Waals surface area (Å²) < 4.78 is 2.15. The second-order valence-corrected chi connectivity index (χ2v) is 7.40. The Morgan fingerprint density at radius 2 is 2.16 bits per heavy atom. The zero-order chi connectivity index (χ0) is 17.8. The van der Waals surface area contributed by atoms with Gasteiger partial charge in [-0.15, -0.1) is 0 Å². The minimum Gasteiger partial charge on any atom is -0.356 e. The van der Waals surface area contributed by atoms with Crippen molar-refractivity contribution in [2.24, 2.45) is 13.0 Å². The summed E-state index contributed by atoms with van der Waals surface area (Å²) in [6.45, 7) is 7.15. The van der Waals surface area contributed by atoms with Gasteiger partial charge in [-0.1, -0.05) is 12.1 Å². The van der Waals surface area contributed by atoms with Crippen LogP contribution in [0, 0.1) is 5.92 Å². The number of aryl methyl sites for hydroxylation is 2. The third-order valence-corrected chi connectivity index (χ3v) is 5.31. The van der Waals surface area contributed by atoms with E-state index >= 15 is 0 Å². The molecule has 1 aliphatic heterocycles. The average Bonchev–Trinajstić information content (AvgIpc) is 2.95. The van der Waals surface area contributed by atoms with Gasteiger partial charge in [0.15, 0.2) is 0 Å². The number of carbonyl (C=O) groups is 1. The first kappa shape index (κ1) is 17.9. The van der Waals surface area contributed by atoms with E-state index in [9.17, 15) is 4.79 Å². The number of aromatic nitrogens is 2. The number of fused-ring (bicyclic) bond motifs is 1. The molecule has 1 aromatic heterocycles. The maximum absolute atomic E-state index is 12.4. The minimum absolute atomic E-state index is 0.145. The molecule has 3 rings (SSSR count). The van der Waals surface area contributed by atoms with Crippen molar-refractivity contribution in [3.8, 4) is 0 Å². The smallest absolute Gasteiger partial charge is 0.224 e. The summed E-state index contributed by atoms with van der Waals surface area (Å²) in [5.41, 5.74) is 2.21. The number of imidazole rings is 1. The third-order valence-electron chi connectivity index (χ3n) is 5.31. The molecule has 1 amide bonds. The first-order valence-corrected chi connectivity index (χ1v) is 9.48. The van der Waals surface area contributed by atoms with Crippen LogP contribution in [-0.4, -0.2) is 46.0 Å². The largest absolute Gasteiger partial charge is 0.356 e. The number of piperidine rings is 1. The van der Waals surface area contributed by atoms with Gasteiger partial charge in [0, 0.05) is 32.6 Å². The van der Waals surface area contributed by atoms with Crippen LogP contribution < -0.4 is 5.32 Å². The van der Waals surface area contributed by atoms with E-state index in [0.29, 0.717) is 6.04 Å². The molecule has 5 heteroatoms. The summed E-state index contributed by atoms with van der Waals surface area (Å²) in [6.07, 6.45) is 3.94. The summed E-state index contributed by atoms with van der Waals surface area (Å²) in [7, 11) is 2.06. The molecule has 5 nitrogen and oxygen atoms in total. The van der Waals surface area contributed by atoms with Crippen LogP contribution in [0.3, 0.4) is 0 Å². The Morgan fingerprint density at radius 1 is 1.36 bits per heavy atom. The van der Waals surface area contributed by atoms with Gasteiger partial charge < -0.3 is 14.8 Å². The molecule has 2 heterocycles. The summed E-state index contributed by atoms with van der Waals surface area (Å²) in [6, 6.07) is 8.72. The van der Waals surface area contributed by atoms with Crippen molar-refractivity contribution >= 4 is 16.9 Å². The van der Waals surface area contributed by atoms with Crippen LogP contribution >= 0.6 is 0 Å². The number of carbonyl (C=O) groups excluding carboxylic acids is 1. The van der Waals surface area contributed by atoms with Crippen LogP contribution in [0.25, 0.3) is 11.0 Å². The monoisotopic (exact) mass is 342 g/mol. The number of nitrogens with zero attached hydrogens (tertiary/aromatic N) is 3. The number of benzene rings is 1. The van der Waals surface area contributed by atoms with Crippen LogP contribution in [0.5, 0.6) is 0 Å². The Morgan fingerprint density at radius 3 is 2.92 bits per heavy atom. The van der Waals surface area contributed by atoms with Gasteiger partial charge in [0.05, 0.1) is 17.0 Å². The number of nitrogens with one attached hydrogen (secondary N) is 1. The van der Waals surface area contributed by atoms with Crippen molar-refractivity contribution in [2.45, 2.75) is 45.6 Å². The fourth-order valence-corrected chi connectivity index (χ4v) is 3.71. The average molecular weight is 342 g/mol. The van der Waals surface area contributed by atoms with Gasteiger partial charge >= 0.3 is 0 Å². The molecule has 1 unspecified atom stereocenters. The molecule has 2 aromatic rings. The van der Waals surface area contributed by atoms with E-state index in [-0.39, 0.29) is 11.8 Å². The Hall–Kier alpha value is -1.88. The summed E-state index contributed by atoms with van der Waals surface area (Å²) in [5.74, 6) is 1.45. The highest BCUT2D eigenvalue weighted by atomic mass is 16.1. The molecule has 25 heavy (non-hydrogen) atoms. The van der Waals surface area contributed by atoms with Crippen LogP contribution in [0.4, 0.5) is 0 Å². The van der Waals surface area contributed by atoms with Crippen molar-refractivity contribution in [1.29, 1.82) is 0 Å². The number of likely N-dealkylation sites (tertiary alicyclic amines) is 1. The van der Waals surface area contributed by atoms with Crippen LogP contribution in [0.1, 0.15) is 38.9 Å². The van der Waals surface area contributed by atoms with Gasteiger partial charge in [-0.2, -0.15) is 0 Å². The topological polar surface area (TPSA) is 50.2 Å². The Balaban J connectivity index is 1.46. The van der Waals surface area contributed by atoms with Gasteiger partial charge in [0.2, 0.25) is 5.91 Å². The standard InChI is InChI=1S/C20H30N4O/c1-15(2)24-13-7-8-16(14-24)20(25)21-12-6-11-19-22-17-9-4-5-10-18(17)23(19)3/h4-5,9-10,15-16H,6-8,11-14H2,1-3H3,(H,21,25).